The van der Waals surface area contributed by atoms with Crippen molar-refractivity contribution in [2.45, 2.75) is 58.0 Å². The van der Waals surface area contributed by atoms with Gasteiger partial charge in [0.2, 0.25) is 0 Å². The maximum atomic E-state index is 5.93. The molecule has 0 saturated heterocycles. The number of hydrogen-bond acceptors (Lipinski definition) is 2. The molecule has 1 fully saturated rings. The van der Waals surface area contributed by atoms with Crippen molar-refractivity contribution in [1.82, 2.24) is 4.90 Å². The number of rotatable bonds is 2. The van der Waals surface area contributed by atoms with E-state index >= 15 is 0 Å². The van der Waals surface area contributed by atoms with Crippen molar-refractivity contribution in [1.29, 1.82) is 0 Å². The normalized spacial score (nSPS) is 28.1. The Labute approximate surface area is 117 Å². The van der Waals surface area contributed by atoms with Crippen molar-refractivity contribution in [2.75, 3.05) is 12.3 Å². The summed E-state index contributed by atoms with van der Waals surface area (Å²) in [6, 6.07) is 7.26. The quantitative estimate of drug-likeness (QED) is 0.821. The van der Waals surface area contributed by atoms with Gasteiger partial charge >= 0.3 is 0 Å². The van der Waals surface area contributed by atoms with Crippen molar-refractivity contribution in [3.63, 3.8) is 0 Å². The summed E-state index contributed by atoms with van der Waals surface area (Å²) in [5.74, 6) is 0.959. The monoisotopic (exact) mass is 258 g/mol. The first kappa shape index (κ1) is 13.0. The molecule has 1 aromatic rings. The summed E-state index contributed by atoms with van der Waals surface area (Å²) in [6.07, 6.45) is 8.23. The van der Waals surface area contributed by atoms with E-state index in [4.69, 9.17) is 5.73 Å². The standard InChI is InChI=1S/C17H26N2/c1-2-13-4-3-5-17(10-13)19-9-8-14-6-7-16(18)11-15(14)12-19/h6-7,11,13,17H,2-5,8-10,12,18H2,1H3. The maximum absolute atomic E-state index is 5.93. The van der Waals surface area contributed by atoms with E-state index in [0.29, 0.717) is 0 Å². The number of nitrogens with zero attached hydrogens (tertiary/aromatic N) is 1. The van der Waals surface area contributed by atoms with Gasteiger partial charge < -0.3 is 5.73 Å². The summed E-state index contributed by atoms with van der Waals surface area (Å²) in [5.41, 5.74) is 9.81. The second kappa shape index (κ2) is 5.54. The Hall–Kier alpha value is -1.02. The van der Waals surface area contributed by atoms with Crippen LogP contribution in [0.25, 0.3) is 0 Å². The van der Waals surface area contributed by atoms with Crippen molar-refractivity contribution in [2.24, 2.45) is 5.92 Å². The zero-order chi connectivity index (χ0) is 13.2. The van der Waals surface area contributed by atoms with Crippen LogP contribution < -0.4 is 5.73 Å². The minimum atomic E-state index is 0.813. The largest absolute Gasteiger partial charge is 0.399 e. The summed E-state index contributed by atoms with van der Waals surface area (Å²) < 4.78 is 0. The first-order chi connectivity index (χ1) is 9.26. The molecule has 1 aliphatic heterocycles. The minimum Gasteiger partial charge on any atom is -0.399 e. The lowest BCUT2D eigenvalue weighted by atomic mass is 9.82. The van der Waals surface area contributed by atoms with E-state index < -0.39 is 0 Å². The first-order valence-electron chi connectivity index (χ1n) is 7.87. The highest BCUT2D eigenvalue weighted by atomic mass is 15.2. The van der Waals surface area contributed by atoms with Gasteiger partial charge in [0.25, 0.3) is 0 Å². The van der Waals surface area contributed by atoms with Gasteiger partial charge in [-0.1, -0.05) is 32.3 Å². The molecule has 0 radical (unpaired) electrons. The molecule has 1 aliphatic carbocycles. The van der Waals surface area contributed by atoms with E-state index in [2.05, 4.69) is 24.0 Å². The molecule has 1 aromatic carbocycles. The van der Waals surface area contributed by atoms with Gasteiger partial charge in [0.05, 0.1) is 0 Å². The van der Waals surface area contributed by atoms with E-state index in [-0.39, 0.29) is 0 Å². The Morgan fingerprint density at radius 3 is 3.00 bits per heavy atom. The number of nitrogens with two attached hydrogens (primary N) is 1. The molecule has 2 atom stereocenters. The third kappa shape index (κ3) is 2.79. The van der Waals surface area contributed by atoms with Gasteiger partial charge in [0.15, 0.2) is 0 Å². The van der Waals surface area contributed by atoms with Crippen molar-refractivity contribution >= 4 is 5.69 Å². The van der Waals surface area contributed by atoms with Crippen LogP contribution in [0.2, 0.25) is 0 Å². The predicted molar refractivity (Wildman–Crippen MR) is 81.0 cm³/mol. The predicted octanol–water partition coefficient (Wildman–Crippen LogP) is 3.60. The van der Waals surface area contributed by atoms with E-state index in [9.17, 15) is 0 Å². The van der Waals surface area contributed by atoms with Crippen LogP contribution in [0.4, 0.5) is 5.69 Å². The van der Waals surface area contributed by atoms with Crippen molar-refractivity contribution in [3.8, 4) is 0 Å². The second-order valence-corrected chi connectivity index (χ2v) is 6.34. The molecule has 0 amide bonds. The smallest absolute Gasteiger partial charge is 0.0317 e. The van der Waals surface area contributed by atoms with Crippen LogP contribution in [0.3, 0.4) is 0 Å². The Morgan fingerprint density at radius 2 is 2.16 bits per heavy atom. The number of hydrogen-bond donors (Lipinski definition) is 1. The Morgan fingerprint density at radius 1 is 1.26 bits per heavy atom. The lowest BCUT2D eigenvalue weighted by Gasteiger charge is -2.40. The van der Waals surface area contributed by atoms with Gasteiger partial charge in [-0.2, -0.15) is 0 Å². The summed E-state index contributed by atoms with van der Waals surface area (Å²) in [7, 11) is 0. The number of anilines is 1. The number of nitrogen functional groups attached to an aromatic ring is 1. The van der Waals surface area contributed by atoms with Gasteiger partial charge in [-0.05, 0) is 48.4 Å². The zero-order valence-corrected chi connectivity index (χ0v) is 12.1. The molecule has 104 valence electrons. The van der Waals surface area contributed by atoms with Gasteiger partial charge in [-0.25, -0.2) is 0 Å². The number of fused-ring (bicyclic) bond motifs is 1. The summed E-state index contributed by atoms with van der Waals surface area (Å²) in [4.78, 5) is 2.71. The van der Waals surface area contributed by atoms with Crippen LogP contribution in [-0.4, -0.2) is 17.5 Å². The Bertz CT molecular complexity index is 441. The molecule has 0 bridgehead atoms. The van der Waals surface area contributed by atoms with E-state index in [1.165, 1.54) is 56.2 Å². The molecule has 1 heterocycles. The van der Waals surface area contributed by atoms with Gasteiger partial charge in [0, 0.05) is 24.8 Å². The van der Waals surface area contributed by atoms with Crippen LogP contribution in [0.1, 0.15) is 50.2 Å². The SMILES string of the molecule is CCC1CCCC(N2CCc3ccc(N)cc3C2)C1. The Balaban J connectivity index is 1.71. The molecule has 2 aliphatic rings. The first-order valence-corrected chi connectivity index (χ1v) is 7.87. The molecule has 2 unspecified atom stereocenters. The average molecular weight is 258 g/mol. The van der Waals surface area contributed by atoms with Crippen molar-refractivity contribution < 1.29 is 0 Å². The summed E-state index contributed by atoms with van der Waals surface area (Å²) >= 11 is 0. The lowest BCUT2D eigenvalue weighted by molar-refractivity contribution is 0.115. The molecular weight excluding hydrogens is 232 g/mol. The topological polar surface area (TPSA) is 29.3 Å². The van der Waals surface area contributed by atoms with E-state index in [0.717, 1.165) is 24.2 Å². The highest BCUT2D eigenvalue weighted by Gasteiger charge is 2.28. The zero-order valence-electron chi connectivity index (χ0n) is 12.1. The lowest BCUT2D eigenvalue weighted by Crippen LogP contribution is -2.41. The maximum Gasteiger partial charge on any atom is 0.0317 e. The highest BCUT2D eigenvalue weighted by Crippen LogP contribution is 2.32. The molecule has 2 N–H and O–H groups in total. The van der Waals surface area contributed by atoms with Crippen LogP contribution in [0.5, 0.6) is 0 Å². The molecule has 1 saturated carbocycles. The Kier molecular flexibility index (Phi) is 3.79. The van der Waals surface area contributed by atoms with Crippen molar-refractivity contribution in [3.05, 3.63) is 29.3 Å². The summed E-state index contributed by atoms with van der Waals surface area (Å²) in [6.45, 7) is 4.69. The molecule has 2 heteroatoms. The summed E-state index contributed by atoms with van der Waals surface area (Å²) in [5, 5.41) is 0. The third-order valence-corrected chi connectivity index (χ3v) is 5.12. The van der Waals surface area contributed by atoms with E-state index in [1.54, 1.807) is 0 Å². The number of benzene rings is 1. The van der Waals surface area contributed by atoms with Gasteiger partial charge in [0.1, 0.15) is 0 Å². The molecule has 0 spiro atoms. The second-order valence-electron chi connectivity index (χ2n) is 6.34. The third-order valence-electron chi connectivity index (χ3n) is 5.12. The van der Waals surface area contributed by atoms with Crippen LogP contribution in [0.15, 0.2) is 18.2 Å². The average Bonchev–Trinajstić information content (AvgIpc) is 2.46. The molecule has 0 aromatic heterocycles. The molecular formula is C17H26N2. The van der Waals surface area contributed by atoms with Crippen LogP contribution in [-0.2, 0) is 13.0 Å². The minimum absolute atomic E-state index is 0.813. The van der Waals surface area contributed by atoms with Gasteiger partial charge in [-0.3, -0.25) is 4.90 Å². The molecule has 2 nitrogen and oxygen atoms in total. The van der Waals surface area contributed by atoms with Crippen LogP contribution in [0, 0.1) is 5.92 Å². The fourth-order valence-electron chi connectivity index (χ4n) is 3.88. The fraction of sp³-hybridized carbons (Fsp3) is 0.647. The van der Waals surface area contributed by atoms with Crippen LogP contribution >= 0.6 is 0 Å². The highest BCUT2D eigenvalue weighted by molar-refractivity contribution is 5.45. The fourth-order valence-corrected chi connectivity index (χ4v) is 3.88. The van der Waals surface area contributed by atoms with E-state index in [1.807, 2.05) is 6.07 Å². The molecule has 19 heavy (non-hydrogen) atoms. The molecule has 3 rings (SSSR count). The van der Waals surface area contributed by atoms with Gasteiger partial charge in [-0.15, -0.1) is 0 Å².